The normalized spacial score (nSPS) is 12.2. The summed E-state index contributed by atoms with van der Waals surface area (Å²) in [5.41, 5.74) is 2.81. The average Bonchev–Trinajstić information content (AvgIpc) is 2.53. The highest BCUT2D eigenvalue weighted by atomic mass is 19.1. The maximum absolute atomic E-state index is 14.4. The first kappa shape index (κ1) is 15.5. The number of hydrogen-bond acceptors (Lipinski definition) is 2. The summed E-state index contributed by atoms with van der Waals surface area (Å²) < 4.78 is 14.4. The molecule has 0 bridgehead atoms. The second-order valence-electron chi connectivity index (χ2n) is 5.22. The van der Waals surface area contributed by atoms with Gasteiger partial charge in [-0.3, -0.25) is 0 Å². The molecule has 112 valence electrons. The van der Waals surface area contributed by atoms with Crippen LogP contribution in [-0.2, 0) is 6.54 Å². The topological polar surface area (TPSA) is 15.3 Å². The van der Waals surface area contributed by atoms with E-state index in [1.165, 1.54) is 5.56 Å². The Morgan fingerprint density at radius 1 is 1.14 bits per heavy atom. The van der Waals surface area contributed by atoms with E-state index in [-0.39, 0.29) is 11.9 Å². The van der Waals surface area contributed by atoms with Gasteiger partial charge in [0.1, 0.15) is 5.82 Å². The first-order valence-corrected chi connectivity index (χ1v) is 7.41. The Morgan fingerprint density at radius 2 is 1.86 bits per heavy atom. The van der Waals surface area contributed by atoms with E-state index in [1.807, 2.05) is 51.2 Å². The van der Waals surface area contributed by atoms with Crippen LogP contribution < -0.4 is 10.2 Å². The lowest BCUT2D eigenvalue weighted by atomic mass is 10.1. The fourth-order valence-corrected chi connectivity index (χ4v) is 2.39. The van der Waals surface area contributed by atoms with Crippen LogP contribution in [0.1, 0.15) is 31.0 Å². The summed E-state index contributed by atoms with van der Waals surface area (Å²) in [6.45, 7) is 5.56. The Kier molecular flexibility index (Phi) is 5.34. The van der Waals surface area contributed by atoms with Gasteiger partial charge >= 0.3 is 0 Å². The van der Waals surface area contributed by atoms with Crippen LogP contribution in [-0.4, -0.2) is 13.6 Å². The zero-order valence-electron chi connectivity index (χ0n) is 12.9. The first-order valence-electron chi connectivity index (χ1n) is 7.41. The summed E-state index contributed by atoms with van der Waals surface area (Å²) in [5.74, 6) is -0.160. The van der Waals surface area contributed by atoms with Crippen LogP contribution in [0.15, 0.2) is 48.5 Å². The van der Waals surface area contributed by atoms with Crippen molar-refractivity contribution >= 4 is 5.69 Å². The number of anilines is 1. The Morgan fingerprint density at radius 3 is 2.43 bits per heavy atom. The average molecular weight is 286 g/mol. The van der Waals surface area contributed by atoms with Crippen LogP contribution in [0.25, 0.3) is 0 Å². The molecule has 0 amide bonds. The summed E-state index contributed by atoms with van der Waals surface area (Å²) in [5, 5.41) is 3.13. The minimum absolute atomic E-state index is 0.151. The molecule has 2 aromatic carbocycles. The van der Waals surface area contributed by atoms with Crippen molar-refractivity contribution in [1.29, 1.82) is 0 Å². The van der Waals surface area contributed by atoms with Crippen LogP contribution in [0.2, 0.25) is 0 Å². The quantitative estimate of drug-likeness (QED) is 0.859. The van der Waals surface area contributed by atoms with Gasteiger partial charge in [0.2, 0.25) is 0 Å². The highest BCUT2D eigenvalue weighted by molar-refractivity contribution is 5.50. The van der Waals surface area contributed by atoms with Gasteiger partial charge in [0.15, 0.2) is 0 Å². The zero-order chi connectivity index (χ0) is 15.2. The Balaban J connectivity index is 2.22. The monoisotopic (exact) mass is 286 g/mol. The number of nitrogens with zero attached hydrogens (tertiary/aromatic N) is 1. The van der Waals surface area contributed by atoms with Crippen molar-refractivity contribution in [2.24, 2.45) is 0 Å². The molecule has 0 saturated heterocycles. The number of hydrogen-bond donors (Lipinski definition) is 1. The van der Waals surface area contributed by atoms with Gasteiger partial charge in [0.25, 0.3) is 0 Å². The number of nitrogens with one attached hydrogen (secondary N) is 1. The van der Waals surface area contributed by atoms with E-state index in [1.54, 1.807) is 6.07 Å². The summed E-state index contributed by atoms with van der Waals surface area (Å²) in [6.07, 6.45) is 0. The van der Waals surface area contributed by atoms with Gasteiger partial charge in [-0.05, 0) is 44.2 Å². The van der Waals surface area contributed by atoms with Crippen LogP contribution in [0.4, 0.5) is 10.1 Å². The van der Waals surface area contributed by atoms with E-state index < -0.39 is 0 Å². The molecule has 21 heavy (non-hydrogen) atoms. The number of benzene rings is 2. The number of halogens is 1. The molecule has 0 aromatic heterocycles. The molecule has 1 unspecified atom stereocenters. The third kappa shape index (κ3) is 3.82. The zero-order valence-corrected chi connectivity index (χ0v) is 12.9. The maximum atomic E-state index is 14.4. The van der Waals surface area contributed by atoms with Crippen molar-refractivity contribution in [3.05, 3.63) is 65.5 Å². The SMILES string of the molecule is CCN(Cc1ccccc1)c1ccc(C(C)NC)cc1F. The molecule has 0 saturated carbocycles. The van der Waals surface area contributed by atoms with Gasteiger partial charge in [0, 0.05) is 19.1 Å². The predicted molar refractivity (Wildman–Crippen MR) is 87.0 cm³/mol. The molecule has 2 nitrogen and oxygen atoms in total. The molecule has 0 aliphatic carbocycles. The fraction of sp³-hybridized carbons (Fsp3) is 0.333. The van der Waals surface area contributed by atoms with Crippen molar-refractivity contribution in [2.75, 3.05) is 18.5 Å². The largest absolute Gasteiger partial charge is 0.365 e. The van der Waals surface area contributed by atoms with Gasteiger partial charge < -0.3 is 10.2 Å². The molecule has 0 fully saturated rings. The van der Waals surface area contributed by atoms with E-state index in [4.69, 9.17) is 0 Å². The summed E-state index contributed by atoms with van der Waals surface area (Å²) >= 11 is 0. The van der Waals surface area contributed by atoms with Gasteiger partial charge in [-0.2, -0.15) is 0 Å². The minimum Gasteiger partial charge on any atom is -0.365 e. The molecule has 0 aliphatic rings. The molecule has 0 heterocycles. The van der Waals surface area contributed by atoms with E-state index >= 15 is 0 Å². The minimum atomic E-state index is -0.160. The van der Waals surface area contributed by atoms with Crippen molar-refractivity contribution in [2.45, 2.75) is 26.4 Å². The molecule has 0 radical (unpaired) electrons. The molecule has 0 spiro atoms. The molecule has 0 aliphatic heterocycles. The molecule has 1 atom stereocenters. The first-order chi connectivity index (χ1) is 10.2. The third-order valence-corrected chi connectivity index (χ3v) is 3.84. The summed E-state index contributed by atoms with van der Waals surface area (Å²) in [6, 6.07) is 15.8. The van der Waals surface area contributed by atoms with Gasteiger partial charge in [-0.1, -0.05) is 36.4 Å². The van der Waals surface area contributed by atoms with Crippen molar-refractivity contribution in [1.82, 2.24) is 5.32 Å². The highest BCUT2D eigenvalue weighted by Crippen LogP contribution is 2.24. The van der Waals surface area contributed by atoms with Gasteiger partial charge in [0.05, 0.1) is 5.69 Å². The van der Waals surface area contributed by atoms with Gasteiger partial charge in [-0.15, -0.1) is 0 Å². The molecular formula is C18H23FN2. The van der Waals surface area contributed by atoms with E-state index in [0.717, 1.165) is 18.7 Å². The second-order valence-corrected chi connectivity index (χ2v) is 5.22. The number of rotatable bonds is 6. The maximum Gasteiger partial charge on any atom is 0.146 e. The van der Waals surface area contributed by atoms with Crippen molar-refractivity contribution in [3.63, 3.8) is 0 Å². The lowest BCUT2D eigenvalue weighted by molar-refractivity contribution is 0.601. The molecule has 2 aromatic rings. The second kappa shape index (κ2) is 7.23. The predicted octanol–water partition coefficient (Wildman–Crippen LogP) is 4.13. The van der Waals surface area contributed by atoms with Crippen LogP contribution in [0, 0.1) is 5.82 Å². The van der Waals surface area contributed by atoms with Gasteiger partial charge in [-0.25, -0.2) is 4.39 Å². The molecular weight excluding hydrogens is 263 g/mol. The molecule has 2 rings (SSSR count). The van der Waals surface area contributed by atoms with Crippen LogP contribution in [0.3, 0.4) is 0 Å². The van der Waals surface area contributed by atoms with E-state index in [0.29, 0.717) is 5.69 Å². The molecule has 3 heteroatoms. The van der Waals surface area contributed by atoms with Crippen LogP contribution >= 0.6 is 0 Å². The third-order valence-electron chi connectivity index (χ3n) is 3.84. The van der Waals surface area contributed by atoms with Crippen LogP contribution in [0.5, 0.6) is 0 Å². The highest BCUT2D eigenvalue weighted by Gasteiger charge is 2.13. The summed E-state index contributed by atoms with van der Waals surface area (Å²) in [4.78, 5) is 2.05. The summed E-state index contributed by atoms with van der Waals surface area (Å²) in [7, 11) is 1.88. The smallest absolute Gasteiger partial charge is 0.146 e. The lowest BCUT2D eigenvalue weighted by Gasteiger charge is -2.24. The lowest BCUT2D eigenvalue weighted by Crippen LogP contribution is -2.23. The molecule has 1 N–H and O–H groups in total. The standard InChI is InChI=1S/C18H23FN2/c1-4-21(13-15-8-6-5-7-9-15)18-11-10-16(12-17(18)19)14(2)20-3/h5-12,14,20H,4,13H2,1-3H3. The van der Waals surface area contributed by atoms with E-state index in [9.17, 15) is 4.39 Å². The Labute approximate surface area is 126 Å². The Bertz CT molecular complexity index is 569. The Hall–Kier alpha value is -1.87. The van der Waals surface area contributed by atoms with Crippen molar-refractivity contribution < 1.29 is 4.39 Å². The fourth-order valence-electron chi connectivity index (χ4n) is 2.39. The van der Waals surface area contributed by atoms with E-state index in [2.05, 4.69) is 22.3 Å². The van der Waals surface area contributed by atoms with Crippen molar-refractivity contribution in [3.8, 4) is 0 Å².